The Hall–Kier alpha value is -2.73. The number of halogens is 1. The second-order valence-electron chi connectivity index (χ2n) is 13.1. The predicted octanol–water partition coefficient (Wildman–Crippen LogP) is 10.3. The van der Waals surface area contributed by atoms with Gasteiger partial charge in [0.1, 0.15) is 0 Å². The molecule has 0 radical (unpaired) electrons. The fourth-order valence-corrected chi connectivity index (χ4v) is 7.28. The number of benzene rings is 2. The van der Waals surface area contributed by atoms with Crippen LogP contribution in [0.2, 0.25) is 5.02 Å². The van der Waals surface area contributed by atoms with E-state index in [4.69, 9.17) is 11.6 Å². The van der Waals surface area contributed by atoms with Crippen molar-refractivity contribution in [1.82, 2.24) is 9.80 Å². The number of hydrogen-bond acceptors (Lipinski definition) is 4. The molecular weight excluding hydrogens is 584 g/mol. The molecule has 0 N–H and O–H groups in total. The van der Waals surface area contributed by atoms with Crippen molar-refractivity contribution < 1.29 is 19.2 Å². The summed E-state index contributed by atoms with van der Waals surface area (Å²) >= 11 is 6.79. The number of carbonyl (C=O) groups is 4. The van der Waals surface area contributed by atoms with Gasteiger partial charge in [0.25, 0.3) is 23.6 Å². The van der Waals surface area contributed by atoms with Crippen LogP contribution < -0.4 is 0 Å². The Bertz CT molecular complexity index is 1380. The summed E-state index contributed by atoms with van der Waals surface area (Å²) < 4.78 is 0. The van der Waals surface area contributed by atoms with E-state index in [0.717, 1.165) is 89.0 Å². The van der Waals surface area contributed by atoms with Gasteiger partial charge in [0.05, 0.1) is 21.7 Å². The molecule has 2 aromatic rings. The molecule has 6 nitrogen and oxygen atoms in total. The van der Waals surface area contributed by atoms with Crippen molar-refractivity contribution >= 4 is 46.0 Å². The highest BCUT2D eigenvalue weighted by atomic mass is 35.5. The van der Waals surface area contributed by atoms with Crippen LogP contribution in [-0.4, -0.2) is 46.5 Å². The molecule has 246 valence electrons. The first kappa shape index (κ1) is 35.1. The standard InChI is InChI=1S/C38H53ClN2O4/c1-4-7-10-13-16-19-22-27-25-28-33-32-29(36(43)40(37(44)31(27)32)23-20-17-14-11-8-5-2)26-30(39)34(33)38(45)41(35(28)42)24-21-18-15-12-9-6-3/h25-26H,4-24H2,1-3H3. The van der Waals surface area contributed by atoms with Crippen LogP contribution >= 0.6 is 11.6 Å². The SMILES string of the molecule is CCCCCCCCc1cc2c3c(c(Cl)cc4c3c1C(=O)N(CCCCCCCC)C4=O)C(=O)N(CCCCCCCC)C2=O. The number of hydrogen-bond donors (Lipinski definition) is 0. The summed E-state index contributed by atoms with van der Waals surface area (Å²) in [6, 6.07) is 3.41. The second-order valence-corrected chi connectivity index (χ2v) is 13.5. The maximum atomic E-state index is 14.2. The zero-order valence-corrected chi connectivity index (χ0v) is 28.7. The van der Waals surface area contributed by atoms with Crippen LogP contribution in [0.15, 0.2) is 12.1 Å². The molecular formula is C38H53ClN2O4. The minimum atomic E-state index is -0.429. The van der Waals surface area contributed by atoms with Gasteiger partial charge in [-0.3, -0.25) is 29.0 Å². The lowest BCUT2D eigenvalue weighted by Gasteiger charge is -2.34. The number of aryl methyl sites for hydroxylation is 1. The zero-order chi connectivity index (χ0) is 32.3. The third kappa shape index (κ3) is 7.99. The summed E-state index contributed by atoms with van der Waals surface area (Å²) in [7, 11) is 0. The molecule has 2 aliphatic heterocycles. The number of rotatable bonds is 21. The molecule has 0 saturated heterocycles. The molecule has 0 aromatic heterocycles. The molecule has 7 heteroatoms. The van der Waals surface area contributed by atoms with Gasteiger partial charge in [0.2, 0.25) is 0 Å². The molecule has 0 aliphatic carbocycles. The monoisotopic (exact) mass is 636 g/mol. The average Bonchev–Trinajstić information content (AvgIpc) is 3.03. The highest BCUT2D eigenvalue weighted by molar-refractivity contribution is 6.41. The molecule has 2 aromatic carbocycles. The van der Waals surface area contributed by atoms with Gasteiger partial charge in [-0.1, -0.05) is 129 Å². The van der Waals surface area contributed by atoms with E-state index >= 15 is 0 Å². The lowest BCUT2D eigenvalue weighted by molar-refractivity contribution is 0.0585. The summed E-state index contributed by atoms with van der Waals surface area (Å²) in [6.45, 7) is 7.25. The maximum Gasteiger partial charge on any atom is 0.262 e. The Balaban J connectivity index is 1.69. The maximum absolute atomic E-state index is 14.2. The van der Waals surface area contributed by atoms with E-state index < -0.39 is 5.91 Å². The summed E-state index contributed by atoms with van der Waals surface area (Å²) in [4.78, 5) is 58.5. The van der Waals surface area contributed by atoms with Crippen LogP contribution in [0.25, 0.3) is 10.8 Å². The van der Waals surface area contributed by atoms with E-state index in [1.807, 2.05) is 6.07 Å². The van der Waals surface area contributed by atoms with Gasteiger partial charge in [-0.15, -0.1) is 0 Å². The topological polar surface area (TPSA) is 74.8 Å². The summed E-state index contributed by atoms with van der Waals surface area (Å²) in [5.74, 6) is -1.47. The molecule has 45 heavy (non-hydrogen) atoms. The van der Waals surface area contributed by atoms with Crippen LogP contribution in [0.3, 0.4) is 0 Å². The predicted molar refractivity (Wildman–Crippen MR) is 184 cm³/mol. The Labute approximate surface area is 275 Å². The van der Waals surface area contributed by atoms with Crippen molar-refractivity contribution in [3.8, 4) is 0 Å². The molecule has 0 saturated carbocycles. The average molecular weight is 637 g/mol. The Morgan fingerprint density at radius 3 is 1.40 bits per heavy atom. The van der Waals surface area contributed by atoms with E-state index in [0.29, 0.717) is 47.0 Å². The number of nitrogens with zero attached hydrogens (tertiary/aromatic N) is 2. The molecule has 2 heterocycles. The van der Waals surface area contributed by atoms with Crippen molar-refractivity contribution in [2.24, 2.45) is 0 Å². The Kier molecular flexibility index (Phi) is 13.5. The lowest BCUT2D eigenvalue weighted by atomic mass is 9.82. The van der Waals surface area contributed by atoms with Crippen LogP contribution in [0.4, 0.5) is 0 Å². The molecule has 0 atom stereocenters. The van der Waals surface area contributed by atoms with Gasteiger partial charge >= 0.3 is 0 Å². The van der Waals surface area contributed by atoms with Crippen LogP contribution in [0.5, 0.6) is 0 Å². The van der Waals surface area contributed by atoms with E-state index in [1.54, 1.807) is 6.07 Å². The molecule has 0 spiro atoms. The molecule has 0 bridgehead atoms. The van der Waals surface area contributed by atoms with E-state index in [1.165, 1.54) is 41.9 Å². The van der Waals surface area contributed by atoms with E-state index in [-0.39, 0.29) is 28.3 Å². The minimum absolute atomic E-state index is 0.168. The van der Waals surface area contributed by atoms with Crippen LogP contribution in [-0.2, 0) is 6.42 Å². The van der Waals surface area contributed by atoms with Gasteiger partial charge in [0.15, 0.2) is 0 Å². The number of carbonyl (C=O) groups excluding carboxylic acids is 4. The van der Waals surface area contributed by atoms with Gasteiger partial charge in [-0.25, -0.2) is 0 Å². The first-order chi connectivity index (χ1) is 21.9. The highest BCUT2D eigenvalue weighted by Gasteiger charge is 2.42. The Morgan fingerprint density at radius 1 is 0.489 bits per heavy atom. The van der Waals surface area contributed by atoms with Crippen molar-refractivity contribution in [3.63, 3.8) is 0 Å². The molecule has 0 unspecified atom stereocenters. The number of unbranched alkanes of at least 4 members (excludes halogenated alkanes) is 15. The third-order valence-electron chi connectivity index (χ3n) is 9.58. The van der Waals surface area contributed by atoms with Gasteiger partial charge in [-0.05, 0) is 43.4 Å². The largest absolute Gasteiger partial charge is 0.274 e. The second kappa shape index (κ2) is 17.3. The lowest BCUT2D eigenvalue weighted by Crippen LogP contribution is -2.44. The summed E-state index contributed by atoms with van der Waals surface area (Å²) in [5.41, 5.74) is 2.24. The molecule has 4 rings (SSSR count). The van der Waals surface area contributed by atoms with Gasteiger partial charge < -0.3 is 0 Å². The first-order valence-corrected chi connectivity index (χ1v) is 18.3. The molecule has 4 amide bonds. The van der Waals surface area contributed by atoms with Crippen LogP contribution in [0, 0.1) is 0 Å². The van der Waals surface area contributed by atoms with Crippen molar-refractivity contribution in [2.45, 2.75) is 143 Å². The van der Waals surface area contributed by atoms with E-state index in [9.17, 15) is 19.2 Å². The smallest absolute Gasteiger partial charge is 0.262 e. The minimum Gasteiger partial charge on any atom is -0.274 e. The fourth-order valence-electron chi connectivity index (χ4n) is 6.99. The Morgan fingerprint density at radius 2 is 0.889 bits per heavy atom. The molecule has 2 aliphatic rings. The number of imide groups is 2. The van der Waals surface area contributed by atoms with Crippen molar-refractivity contribution in [1.29, 1.82) is 0 Å². The summed E-state index contributed by atoms with van der Waals surface area (Å²) in [5, 5.41) is 0.998. The van der Waals surface area contributed by atoms with Crippen LogP contribution in [0.1, 0.15) is 183 Å². The normalized spacial score (nSPS) is 14.4. The van der Waals surface area contributed by atoms with Gasteiger partial charge in [-0.2, -0.15) is 0 Å². The highest BCUT2D eigenvalue weighted by Crippen LogP contribution is 2.43. The molecule has 0 fully saturated rings. The van der Waals surface area contributed by atoms with E-state index in [2.05, 4.69) is 20.8 Å². The fraction of sp³-hybridized carbons (Fsp3) is 0.632. The van der Waals surface area contributed by atoms with Crippen molar-refractivity contribution in [2.75, 3.05) is 13.1 Å². The summed E-state index contributed by atoms with van der Waals surface area (Å²) in [6.07, 6.45) is 19.8. The zero-order valence-electron chi connectivity index (χ0n) is 27.9. The van der Waals surface area contributed by atoms with Gasteiger partial charge in [0, 0.05) is 29.4 Å². The number of amides is 4. The third-order valence-corrected chi connectivity index (χ3v) is 9.88. The first-order valence-electron chi connectivity index (χ1n) is 17.9. The quantitative estimate of drug-likeness (QED) is 0.101. The van der Waals surface area contributed by atoms with Crippen molar-refractivity contribution in [3.05, 3.63) is 45.0 Å².